The Bertz CT molecular complexity index is 342. The van der Waals surface area contributed by atoms with Crippen LogP contribution >= 0.6 is 0 Å². The number of carbonyl (C=O) groups is 1. The highest BCUT2D eigenvalue weighted by Gasteiger charge is 2.34. The normalized spacial score (nSPS) is 14.8. The van der Waals surface area contributed by atoms with Crippen LogP contribution in [0.3, 0.4) is 0 Å². The fourth-order valence-electron chi connectivity index (χ4n) is 1.43. The lowest BCUT2D eigenvalue weighted by Gasteiger charge is -2.25. The molecule has 1 aromatic rings. The zero-order valence-electron chi connectivity index (χ0n) is 10.6. The van der Waals surface area contributed by atoms with E-state index in [0.29, 0.717) is 18.1 Å². The van der Waals surface area contributed by atoms with Crippen LogP contribution in [-0.2, 0) is 16.1 Å². The molecule has 4 heteroatoms. The second kappa shape index (κ2) is 5.87. The highest BCUT2D eigenvalue weighted by Crippen LogP contribution is 2.23. The van der Waals surface area contributed by atoms with Crippen LogP contribution in [-0.4, -0.2) is 16.7 Å². The van der Waals surface area contributed by atoms with E-state index in [1.165, 1.54) is 0 Å². The Morgan fingerprint density at radius 3 is 2.76 bits per heavy atom. The topological polar surface area (TPSA) is 59.7 Å². The van der Waals surface area contributed by atoms with Gasteiger partial charge >= 0.3 is 5.97 Å². The van der Waals surface area contributed by atoms with E-state index in [4.69, 9.17) is 9.15 Å². The van der Waals surface area contributed by atoms with Gasteiger partial charge in [0, 0.05) is 0 Å². The number of furan rings is 1. The second-order valence-electron chi connectivity index (χ2n) is 4.84. The Labute approximate surface area is 102 Å². The first-order valence-corrected chi connectivity index (χ1v) is 5.84. The lowest BCUT2D eigenvalue weighted by molar-refractivity contribution is -0.167. The van der Waals surface area contributed by atoms with E-state index in [2.05, 4.69) is 13.8 Å². The van der Waals surface area contributed by atoms with Crippen LogP contribution in [0.25, 0.3) is 0 Å². The molecule has 1 rings (SSSR count). The van der Waals surface area contributed by atoms with Crippen molar-refractivity contribution in [2.24, 2.45) is 5.92 Å². The summed E-state index contributed by atoms with van der Waals surface area (Å²) in [5.74, 6) is 0.174. The van der Waals surface area contributed by atoms with E-state index in [0.717, 1.165) is 6.42 Å². The minimum atomic E-state index is -1.14. The molecule has 0 aliphatic carbocycles. The maximum Gasteiger partial charge on any atom is 0.335 e. The molecule has 96 valence electrons. The molecule has 0 amide bonds. The van der Waals surface area contributed by atoms with Gasteiger partial charge in [-0.2, -0.15) is 0 Å². The molecule has 1 N–H and O–H groups in total. The number of carboxylic acid groups (broad SMARTS) is 1. The fraction of sp³-hybridized carbons (Fsp3) is 0.615. The summed E-state index contributed by atoms with van der Waals surface area (Å²) in [5.41, 5.74) is -1.14. The highest BCUT2D eigenvalue weighted by molar-refractivity contribution is 5.76. The van der Waals surface area contributed by atoms with Gasteiger partial charge in [0.1, 0.15) is 12.4 Å². The molecule has 1 unspecified atom stereocenters. The number of hydrogen-bond acceptors (Lipinski definition) is 3. The summed E-state index contributed by atoms with van der Waals surface area (Å²) in [6, 6.07) is 3.52. The van der Waals surface area contributed by atoms with E-state index in [1.807, 2.05) is 0 Å². The number of ether oxygens (including phenoxy) is 1. The molecular weight excluding hydrogens is 220 g/mol. The molecule has 0 radical (unpaired) electrons. The van der Waals surface area contributed by atoms with Crippen LogP contribution in [0, 0.1) is 5.92 Å². The molecule has 0 aromatic carbocycles. The van der Waals surface area contributed by atoms with E-state index in [1.54, 1.807) is 25.3 Å². The molecule has 4 nitrogen and oxygen atoms in total. The number of rotatable bonds is 7. The van der Waals surface area contributed by atoms with Gasteiger partial charge in [0.15, 0.2) is 5.60 Å². The molecule has 0 saturated carbocycles. The molecule has 0 aliphatic heterocycles. The number of carboxylic acids is 1. The maximum absolute atomic E-state index is 11.2. The zero-order chi connectivity index (χ0) is 12.9. The number of hydrogen-bond donors (Lipinski definition) is 1. The van der Waals surface area contributed by atoms with Gasteiger partial charge in [0.05, 0.1) is 6.26 Å². The SMILES string of the molecule is CC(C)CCC(C)(OCc1ccco1)C(=O)O. The van der Waals surface area contributed by atoms with E-state index < -0.39 is 11.6 Å². The van der Waals surface area contributed by atoms with Gasteiger partial charge in [0.25, 0.3) is 0 Å². The lowest BCUT2D eigenvalue weighted by atomic mass is 9.95. The van der Waals surface area contributed by atoms with Crippen molar-refractivity contribution in [3.63, 3.8) is 0 Å². The predicted molar refractivity (Wildman–Crippen MR) is 63.6 cm³/mol. The minimum Gasteiger partial charge on any atom is -0.479 e. The van der Waals surface area contributed by atoms with Crippen molar-refractivity contribution in [2.75, 3.05) is 0 Å². The van der Waals surface area contributed by atoms with E-state index in [9.17, 15) is 9.90 Å². The third-order valence-electron chi connectivity index (χ3n) is 2.76. The molecular formula is C13H20O4. The smallest absolute Gasteiger partial charge is 0.335 e. The zero-order valence-corrected chi connectivity index (χ0v) is 10.6. The van der Waals surface area contributed by atoms with Crippen LogP contribution in [0.4, 0.5) is 0 Å². The average Bonchev–Trinajstić information content (AvgIpc) is 2.76. The molecule has 0 aliphatic rings. The van der Waals surface area contributed by atoms with E-state index in [-0.39, 0.29) is 6.61 Å². The molecule has 0 fully saturated rings. The van der Waals surface area contributed by atoms with Crippen molar-refractivity contribution in [1.29, 1.82) is 0 Å². The van der Waals surface area contributed by atoms with Crippen molar-refractivity contribution >= 4 is 5.97 Å². The minimum absolute atomic E-state index is 0.188. The first-order chi connectivity index (χ1) is 7.94. The van der Waals surface area contributed by atoms with Gasteiger partial charge in [-0.25, -0.2) is 4.79 Å². The second-order valence-corrected chi connectivity index (χ2v) is 4.84. The van der Waals surface area contributed by atoms with Crippen LogP contribution in [0.2, 0.25) is 0 Å². The van der Waals surface area contributed by atoms with Crippen LogP contribution < -0.4 is 0 Å². The van der Waals surface area contributed by atoms with Crippen LogP contribution in [0.5, 0.6) is 0 Å². The van der Waals surface area contributed by atoms with E-state index >= 15 is 0 Å². The summed E-state index contributed by atoms with van der Waals surface area (Å²) in [7, 11) is 0. The van der Waals surface area contributed by atoms with Crippen molar-refractivity contribution < 1.29 is 19.1 Å². The first-order valence-electron chi connectivity index (χ1n) is 5.84. The molecule has 17 heavy (non-hydrogen) atoms. The third kappa shape index (κ3) is 4.23. The predicted octanol–water partition coefficient (Wildman–Crippen LogP) is 3.08. The number of aliphatic carboxylic acids is 1. The Morgan fingerprint density at radius 2 is 2.29 bits per heavy atom. The summed E-state index contributed by atoms with van der Waals surface area (Å²) in [6.45, 7) is 5.93. The summed E-state index contributed by atoms with van der Waals surface area (Å²) >= 11 is 0. The van der Waals surface area contributed by atoms with Gasteiger partial charge < -0.3 is 14.3 Å². The fourth-order valence-corrected chi connectivity index (χ4v) is 1.43. The summed E-state index contributed by atoms with van der Waals surface area (Å²) in [4.78, 5) is 11.2. The standard InChI is InChI=1S/C13H20O4/c1-10(2)6-7-13(3,12(14)15)17-9-11-5-4-8-16-11/h4-5,8,10H,6-7,9H2,1-3H3,(H,14,15). The highest BCUT2D eigenvalue weighted by atomic mass is 16.5. The molecule has 1 aromatic heterocycles. The van der Waals surface area contributed by atoms with Crippen molar-refractivity contribution in [3.8, 4) is 0 Å². The van der Waals surface area contributed by atoms with Crippen molar-refractivity contribution in [1.82, 2.24) is 0 Å². The Hall–Kier alpha value is -1.29. The third-order valence-corrected chi connectivity index (χ3v) is 2.76. The van der Waals surface area contributed by atoms with Crippen LogP contribution in [0.1, 0.15) is 39.4 Å². The molecule has 0 bridgehead atoms. The maximum atomic E-state index is 11.2. The van der Waals surface area contributed by atoms with Gasteiger partial charge in [-0.1, -0.05) is 13.8 Å². The molecule has 0 saturated heterocycles. The van der Waals surface area contributed by atoms with Crippen molar-refractivity contribution in [2.45, 2.75) is 45.8 Å². The van der Waals surface area contributed by atoms with Gasteiger partial charge in [-0.15, -0.1) is 0 Å². The first kappa shape index (κ1) is 13.8. The Balaban J connectivity index is 2.55. The summed E-state index contributed by atoms with van der Waals surface area (Å²) in [5, 5.41) is 9.22. The molecule has 1 heterocycles. The summed E-state index contributed by atoms with van der Waals surface area (Å²) in [6.07, 6.45) is 2.87. The monoisotopic (exact) mass is 240 g/mol. The van der Waals surface area contributed by atoms with Crippen LogP contribution in [0.15, 0.2) is 22.8 Å². The van der Waals surface area contributed by atoms with Gasteiger partial charge in [-0.3, -0.25) is 0 Å². The largest absolute Gasteiger partial charge is 0.479 e. The lowest BCUT2D eigenvalue weighted by Crippen LogP contribution is -2.38. The average molecular weight is 240 g/mol. The molecule has 0 spiro atoms. The Kier molecular flexibility index (Phi) is 4.75. The van der Waals surface area contributed by atoms with Crippen molar-refractivity contribution in [3.05, 3.63) is 24.2 Å². The van der Waals surface area contributed by atoms with Gasteiger partial charge in [-0.05, 0) is 37.8 Å². The quantitative estimate of drug-likeness (QED) is 0.795. The Morgan fingerprint density at radius 1 is 1.59 bits per heavy atom. The van der Waals surface area contributed by atoms with Gasteiger partial charge in [0.2, 0.25) is 0 Å². The summed E-state index contributed by atoms with van der Waals surface area (Å²) < 4.78 is 10.6. The molecule has 1 atom stereocenters.